The molecule has 6 N–H and O–H groups in total. The zero-order valence-corrected chi connectivity index (χ0v) is 14.7. The molecular weight excluding hydrogens is 342 g/mol. The van der Waals surface area contributed by atoms with Gasteiger partial charge in [-0.3, -0.25) is 9.59 Å². The molecule has 0 bridgehead atoms. The van der Waals surface area contributed by atoms with E-state index >= 15 is 0 Å². The van der Waals surface area contributed by atoms with E-state index in [-0.39, 0.29) is 6.42 Å². The number of hydrogen-bond donors (Lipinski definition) is 5. The standard InChI is InChI=1S/C17H25N3O6/c1-10(22)14(18)16(24)20-13(9-21)15(23)19-12(17(25)26-2)8-11-6-4-3-5-7-11/h3-7,10,12-14,21-22H,8-9,18H2,1-2H3,(H,19,23)(H,20,24)/t10-,12-,13-,14-/m0/s1. The van der Waals surface area contributed by atoms with Gasteiger partial charge >= 0.3 is 5.97 Å². The first kappa shape index (κ1) is 21.6. The van der Waals surface area contributed by atoms with Crippen LogP contribution in [0.15, 0.2) is 30.3 Å². The van der Waals surface area contributed by atoms with Crippen molar-refractivity contribution in [3.63, 3.8) is 0 Å². The van der Waals surface area contributed by atoms with Crippen LogP contribution in [-0.4, -0.2) is 65.9 Å². The molecule has 26 heavy (non-hydrogen) atoms. The van der Waals surface area contributed by atoms with E-state index in [4.69, 9.17) is 10.5 Å². The molecule has 9 heteroatoms. The molecule has 0 saturated carbocycles. The minimum Gasteiger partial charge on any atom is -0.467 e. The Bertz CT molecular complexity index is 608. The third-order valence-electron chi connectivity index (χ3n) is 3.72. The minimum absolute atomic E-state index is 0.179. The highest BCUT2D eigenvalue weighted by Gasteiger charge is 2.29. The largest absolute Gasteiger partial charge is 0.467 e. The van der Waals surface area contributed by atoms with Gasteiger partial charge in [0.25, 0.3) is 0 Å². The Hall–Kier alpha value is -2.49. The summed E-state index contributed by atoms with van der Waals surface area (Å²) in [5.74, 6) is -2.23. The molecule has 0 spiro atoms. The third-order valence-corrected chi connectivity index (χ3v) is 3.72. The quantitative estimate of drug-likeness (QED) is 0.319. The van der Waals surface area contributed by atoms with E-state index < -0.39 is 48.6 Å². The highest BCUT2D eigenvalue weighted by Crippen LogP contribution is 2.05. The van der Waals surface area contributed by atoms with Crippen LogP contribution >= 0.6 is 0 Å². The van der Waals surface area contributed by atoms with E-state index in [2.05, 4.69) is 10.6 Å². The molecule has 0 aliphatic carbocycles. The fraction of sp³-hybridized carbons (Fsp3) is 0.471. The van der Waals surface area contributed by atoms with Gasteiger partial charge in [-0.2, -0.15) is 0 Å². The molecule has 1 aromatic carbocycles. The minimum atomic E-state index is -1.32. The SMILES string of the molecule is COC(=O)[C@H](Cc1ccccc1)NC(=O)[C@H](CO)NC(=O)[C@@H](N)[C@H](C)O. The van der Waals surface area contributed by atoms with Gasteiger partial charge in [-0.1, -0.05) is 30.3 Å². The molecule has 0 heterocycles. The summed E-state index contributed by atoms with van der Waals surface area (Å²) in [6.07, 6.45) is -0.947. The molecule has 144 valence electrons. The Labute approximate surface area is 151 Å². The number of rotatable bonds is 9. The molecule has 1 aromatic rings. The lowest BCUT2D eigenvalue weighted by molar-refractivity contribution is -0.145. The number of benzene rings is 1. The smallest absolute Gasteiger partial charge is 0.328 e. The molecule has 0 fully saturated rings. The van der Waals surface area contributed by atoms with Gasteiger partial charge < -0.3 is 31.3 Å². The first-order valence-electron chi connectivity index (χ1n) is 8.07. The zero-order chi connectivity index (χ0) is 19.7. The van der Waals surface area contributed by atoms with Gasteiger partial charge in [0.05, 0.1) is 19.8 Å². The second-order valence-corrected chi connectivity index (χ2v) is 5.78. The summed E-state index contributed by atoms with van der Waals surface area (Å²) in [4.78, 5) is 36.1. The van der Waals surface area contributed by atoms with Crippen LogP contribution in [-0.2, 0) is 25.5 Å². The summed E-state index contributed by atoms with van der Waals surface area (Å²) in [5, 5.41) is 23.4. The number of aliphatic hydroxyl groups is 2. The highest BCUT2D eigenvalue weighted by molar-refractivity contribution is 5.92. The average Bonchev–Trinajstić information content (AvgIpc) is 2.64. The van der Waals surface area contributed by atoms with Crippen molar-refractivity contribution < 1.29 is 29.3 Å². The van der Waals surface area contributed by atoms with Crippen LogP contribution in [0.25, 0.3) is 0 Å². The van der Waals surface area contributed by atoms with Crippen molar-refractivity contribution in [1.29, 1.82) is 0 Å². The second-order valence-electron chi connectivity index (χ2n) is 5.78. The number of esters is 1. The molecule has 1 rings (SSSR count). The first-order valence-corrected chi connectivity index (χ1v) is 8.07. The van der Waals surface area contributed by atoms with Crippen LogP contribution in [0.1, 0.15) is 12.5 Å². The number of hydrogen-bond acceptors (Lipinski definition) is 7. The normalized spacial score (nSPS) is 15.3. The van der Waals surface area contributed by atoms with Crippen molar-refractivity contribution in [3.05, 3.63) is 35.9 Å². The number of carbonyl (C=O) groups is 3. The van der Waals surface area contributed by atoms with Crippen LogP contribution < -0.4 is 16.4 Å². The summed E-state index contributed by atoms with van der Waals surface area (Å²) in [6.45, 7) is 0.620. The number of ether oxygens (including phenoxy) is 1. The van der Waals surface area contributed by atoms with Gasteiger partial charge in [0.15, 0.2) is 0 Å². The molecule has 0 aromatic heterocycles. The van der Waals surface area contributed by atoms with Gasteiger partial charge in [0.2, 0.25) is 11.8 Å². The predicted octanol–water partition coefficient (Wildman–Crippen LogP) is -1.93. The van der Waals surface area contributed by atoms with Gasteiger partial charge in [-0.25, -0.2) is 4.79 Å². The van der Waals surface area contributed by atoms with Crippen LogP contribution in [0.4, 0.5) is 0 Å². The Morgan fingerprint density at radius 2 is 1.69 bits per heavy atom. The van der Waals surface area contributed by atoms with E-state index in [1.807, 2.05) is 6.07 Å². The number of carbonyl (C=O) groups excluding carboxylic acids is 3. The maximum atomic E-state index is 12.3. The molecule has 0 unspecified atom stereocenters. The number of aliphatic hydroxyl groups excluding tert-OH is 2. The lowest BCUT2D eigenvalue weighted by Gasteiger charge is -2.23. The maximum absolute atomic E-state index is 12.3. The second kappa shape index (κ2) is 10.5. The van der Waals surface area contributed by atoms with Gasteiger partial charge in [-0.15, -0.1) is 0 Å². The van der Waals surface area contributed by atoms with Crippen molar-refractivity contribution in [1.82, 2.24) is 10.6 Å². The molecular formula is C17H25N3O6. The van der Waals surface area contributed by atoms with E-state index in [0.29, 0.717) is 0 Å². The molecule has 2 amide bonds. The van der Waals surface area contributed by atoms with Crippen molar-refractivity contribution in [3.8, 4) is 0 Å². The summed E-state index contributed by atoms with van der Waals surface area (Å²) in [5.41, 5.74) is 6.28. The van der Waals surface area contributed by atoms with Crippen molar-refractivity contribution >= 4 is 17.8 Å². The fourth-order valence-corrected chi connectivity index (χ4v) is 2.14. The lowest BCUT2D eigenvalue weighted by atomic mass is 10.1. The lowest BCUT2D eigenvalue weighted by Crippen LogP contribution is -2.57. The monoisotopic (exact) mass is 367 g/mol. The van der Waals surface area contributed by atoms with E-state index in [1.54, 1.807) is 24.3 Å². The van der Waals surface area contributed by atoms with Gasteiger partial charge in [0, 0.05) is 6.42 Å². The van der Waals surface area contributed by atoms with Crippen LogP contribution in [0.3, 0.4) is 0 Å². The number of methoxy groups -OCH3 is 1. The summed E-state index contributed by atoms with van der Waals surface area (Å²) >= 11 is 0. The van der Waals surface area contributed by atoms with Crippen LogP contribution in [0, 0.1) is 0 Å². The van der Waals surface area contributed by atoms with E-state index in [9.17, 15) is 24.6 Å². The van der Waals surface area contributed by atoms with Crippen molar-refractivity contribution in [2.75, 3.05) is 13.7 Å². The number of amides is 2. The van der Waals surface area contributed by atoms with Crippen molar-refractivity contribution in [2.45, 2.75) is 37.6 Å². The van der Waals surface area contributed by atoms with Crippen molar-refractivity contribution in [2.24, 2.45) is 5.73 Å². The molecule has 0 radical (unpaired) electrons. The van der Waals surface area contributed by atoms with E-state index in [0.717, 1.165) is 5.56 Å². The topological polar surface area (TPSA) is 151 Å². The average molecular weight is 367 g/mol. The molecule has 0 aliphatic rings. The fourth-order valence-electron chi connectivity index (χ4n) is 2.14. The molecule has 0 saturated heterocycles. The predicted molar refractivity (Wildman–Crippen MR) is 92.8 cm³/mol. The first-order chi connectivity index (χ1) is 12.3. The number of nitrogens with two attached hydrogens (primary N) is 1. The maximum Gasteiger partial charge on any atom is 0.328 e. The molecule has 9 nitrogen and oxygen atoms in total. The molecule has 4 atom stereocenters. The Morgan fingerprint density at radius 1 is 1.12 bits per heavy atom. The Kier molecular flexibility index (Phi) is 8.70. The zero-order valence-electron chi connectivity index (χ0n) is 14.7. The van der Waals surface area contributed by atoms with Crippen LogP contribution in [0.2, 0.25) is 0 Å². The van der Waals surface area contributed by atoms with Gasteiger partial charge in [0.1, 0.15) is 18.1 Å². The van der Waals surface area contributed by atoms with E-state index in [1.165, 1.54) is 14.0 Å². The summed E-state index contributed by atoms with van der Waals surface area (Å²) in [7, 11) is 1.19. The van der Waals surface area contributed by atoms with Gasteiger partial charge in [-0.05, 0) is 12.5 Å². The highest BCUT2D eigenvalue weighted by atomic mass is 16.5. The molecule has 0 aliphatic heterocycles. The Balaban J connectivity index is 2.79. The Morgan fingerprint density at radius 3 is 2.19 bits per heavy atom. The third kappa shape index (κ3) is 6.43. The number of nitrogens with one attached hydrogen (secondary N) is 2. The summed E-state index contributed by atoms with van der Waals surface area (Å²) in [6, 6.07) is 5.40. The van der Waals surface area contributed by atoms with Crippen LogP contribution in [0.5, 0.6) is 0 Å². The summed E-state index contributed by atoms with van der Waals surface area (Å²) < 4.78 is 4.69.